The molecule has 0 spiro atoms. The number of esters is 2. The van der Waals surface area contributed by atoms with Crippen LogP contribution in [0.2, 0.25) is 0 Å². The molecular weight excluding hydrogens is 224 g/mol. The number of fused-ring (bicyclic) bond motifs is 5. The Kier molecular flexibility index (Phi) is 2.26. The van der Waals surface area contributed by atoms with E-state index >= 15 is 0 Å². The largest absolute Gasteiger partial charge is 0.465 e. The van der Waals surface area contributed by atoms with Crippen molar-refractivity contribution in [2.45, 2.75) is 31.7 Å². The van der Waals surface area contributed by atoms with E-state index in [1.54, 1.807) is 6.92 Å². The highest BCUT2D eigenvalue weighted by Gasteiger charge is 2.61. The summed E-state index contributed by atoms with van der Waals surface area (Å²) in [5.41, 5.74) is 0.360. The second kappa shape index (κ2) is 3.57. The van der Waals surface area contributed by atoms with Gasteiger partial charge >= 0.3 is 11.9 Å². The molecule has 3 heterocycles. The first-order chi connectivity index (χ1) is 8.08. The Labute approximate surface area is 98.7 Å². The van der Waals surface area contributed by atoms with Crippen LogP contribution in [0.4, 0.5) is 0 Å². The van der Waals surface area contributed by atoms with E-state index in [-0.39, 0.29) is 36.1 Å². The Bertz CT molecular complexity index is 402. The Hall–Kier alpha value is -1.36. The van der Waals surface area contributed by atoms with E-state index in [0.29, 0.717) is 18.6 Å². The van der Waals surface area contributed by atoms with Crippen LogP contribution in [0.3, 0.4) is 0 Å². The fourth-order valence-corrected chi connectivity index (χ4v) is 2.92. The van der Waals surface area contributed by atoms with E-state index in [2.05, 4.69) is 6.58 Å². The molecule has 0 aromatic carbocycles. The van der Waals surface area contributed by atoms with Crippen molar-refractivity contribution >= 4 is 11.9 Å². The number of hydrogen-bond donors (Lipinski definition) is 0. The third kappa shape index (κ3) is 1.49. The maximum absolute atomic E-state index is 11.6. The minimum Gasteiger partial charge on any atom is -0.465 e. The van der Waals surface area contributed by atoms with Gasteiger partial charge in [0.05, 0.1) is 18.6 Å². The second-order valence-corrected chi connectivity index (χ2v) is 4.92. The summed E-state index contributed by atoms with van der Waals surface area (Å²) in [7, 11) is 0. The van der Waals surface area contributed by atoms with Gasteiger partial charge in [0.2, 0.25) is 0 Å². The van der Waals surface area contributed by atoms with E-state index in [4.69, 9.17) is 14.2 Å². The molecule has 3 saturated heterocycles. The highest BCUT2D eigenvalue weighted by atomic mass is 16.6. The Balaban J connectivity index is 1.73. The van der Waals surface area contributed by atoms with Crippen molar-refractivity contribution in [1.29, 1.82) is 0 Å². The molecule has 3 fully saturated rings. The van der Waals surface area contributed by atoms with E-state index in [1.807, 2.05) is 0 Å². The molecule has 0 aliphatic carbocycles. The first-order valence-corrected chi connectivity index (χ1v) is 5.76. The zero-order valence-corrected chi connectivity index (χ0v) is 9.55. The van der Waals surface area contributed by atoms with E-state index in [9.17, 15) is 9.59 Å². The van der Waals surface area contributed by atoms with Crippen LogP contribution in [0.15, 0.2) is 12.2 Å². The minimum atomic E-state index is -0.422. The molecular formula is C12H14O5. The number of carbonyl (C=O) groups excluding carboxylic acids is 2. The van der Waals surface area contributed by atoms with Gasteiger partial charge in [-0.1, -0.05) is 6.58 Å². The van der Waals surface area contributed by atoms with Crippen LogP contribution in [0.25, 0.3) is 0 Å². The fraction of sp³-hybridized carbons (Fsp3) is 0.667. The summed E-state index contributed by atoms with van der Waals surface area (Å²) >= 11 is 0. The van der Waals surface area contributed by atoms with Crippen LogP contribution >= 0.6 is 0 Å². The second-order valence-electron chi connectivity index (χ2n) is 4.92. The van der Waals surface area contributed by atoms with Gasteiger partial charge in [0, 0.05) is 17.9 Å². The third-order valence-electron chi connectivity index (χ3n) is 3.75. The summed E-state index contributed by atoms with van der Waals surface area (Å²) in [4.78, 5) is 23.0. The number of hydrogen-bond acceptors (Lipinski definition) is 5. The number of cyclic esters (lactones) is 1. The molecule has 5 atom stereocenters. The van der Waals surface area contributed by atoms with E-state index < -0.39 is 5.97 Å². The Morgan fingerprint density at radius 1 is 1.53 bits per heavy atom. The van der Waals surface area contributed by atoms with Crippen LogP contribution in [0.5, 0.6) is 0 Å². The topological polar surface area (TPSA) is 61.8 Å². The number of carbonyl (C=O) groups is 2. The summed E-state index contributed by atoms with van der Waals surface area (Å²) < 4.78 is 16.0. The van der Waals surface area contributed by atoms with Gasteiger partial charge in [0.15, 0.2) is 0 Å². The third-order valence-corrected chi connectivity index (χ3v) is 3.75. The highest BCUT2D eigenvalue weighted by Crippen LogP contribution is 2.48. The smallest absolute Gasteiger partial charge is 0.333 e. The summed E-state index contributed by atoms with van der Waals surface area (Å²) in [6, 6.07) is 0. The van der Waals surface area contributed by atoms with Crippen LogP contribution in [-0.2, 0) is 23.8 Å². The monoisotopic (exact) mass is 238 g/mol. The van der Waals surface area contributed by atoms with Crippen molar-refractivity contribution in [1.82, 2.24) is 0 Å². The van der Waals surface area contributed by atoms with Crippen LogP contribution < -0.4 is 0 Å². The summed E-state index contributed by atoms with van der Waals surface area (Å²) in [5, 5.41) is 0. The maximum atomic E-state index is 11.6. The molecule has 0 saturated carbocycles. The van der Waals surface area contributed by atoms with Crippen molar-refractivity contribution in [3.63, 3.8) is 0 Å². The average molecular weight is 238 g/mol. The van der Waals surface area contributed by atoms with Gasteiger partial charge < -0.3 is 14.2 Å². The lowest BCUT2D eigenvalue weighted by atomic mass is 9.80. The summed E-state index contributed by atoms with van der Waals surface area (Å²) in [6.07, 6.45) is -0.0274. The molecule has 3 aliphatic rings. The zero-order chi connectivity index (χ0) is 12.2. The predicted octanol–water partition coefficient (Wildman–Crippen LogP) is 0.435. The lowest BCUT2D eigenvalue weighted by molar-refractivity contribution is -0.153. The molecule has 3 aliphatic heterocycles. The average Bonchev–Trinajstić information content (AvgIpc) is 2.91. The van der Waals surface area contributed by atoms with Crippen molar-refractivity contribution in [2.24, 2.45) is 11.8 Å². The molecule has 3 rings (SSSR count). The number of ether oxygens (including phenoxy) is 3. The quantitative estimate of drug-likeness (QED) is 0.516. The van der Waals surface area contributed by atoms with Crippen molar-refractivity contribution in [3.05, 3.63) is 12.2 Å². The van der Waals surface area contributed by atoms with Gasteiger partial charge in [-0.2, -0.15) is 0 Å². The maximum Gasteiger partial charge on any atom is 0.333 e. The van der Waals surface area contributed by atoms with Crippen molar-refractivity contribution in [3.8, 4) is 0 Å². The first kappa shape index (κ1) is 10.8. The van der Waals surface area contributed by atoms with Crippen molar-refractivity contribution in [2.75, 3.05) is 6.61 Å². The molecule has 0 aromatic rings. The summed E-state index contributed by atoms with van der Waals surface area (Å²) in [6.45, 7) is 5.57. The van der Waals surface area contributed by atoms with E-state index in [0.717, 1.165) is 0 Å². The summed E-state index contributed by atoms with van der Waals surface area (Å²) in [5.74, 6) is -0.753. The van der Waals surface area contributed by atoms with Crippen LogP contribution in [0, 0.1) is 11.8 Å². The Morgan fingerprint density at radius 3 is 3.00 bits per heavy atom. The first-order valence-electron chi connectivity index (χ1n) is 5.76. The minimum absolute atomic E-state index is 0.0145. The van der Waals surface area contributed by atoms with Crippen LogP contribution in [0.1, 0.15) is 13.3 Å². The van der Waals surface area contributed by atoms with Gasteiger partial charge in [-0.25, -0.2) is 4.79 Å². The molecule has 0 N–H and O–H groups in total. The molecule has 0 aromatic heterocycles. The van der Waals surface area contributed by atoms with Crippen LogP contribution in [-0.4, -0.2) is 36.9 Å². The lowest BCUT2D eigenvalue weighted by Gasteiger charge is -2.24. The standard InChI is InChI=1S/C12H14O5/c1-5(2)11(13)17-8-3-7-6-4-15-12(14)9(6)10(8)16-7/h6-10H,1,3-4H2,2H3/t6-,7+,8-,9-,10-/m1/s1. The normalized spacial score (nSPS) is 42.2. The molecule has 0 unspecified atom stereocenters. The van der Waals surface area contributed by atoms with E-state index in [1.165, 1.54) is 0 Å². The van der Waals surface area contributed by atoms with Gasteiger partial charge in [0.25, 0.3) is 0 Å². The predicted molar refractivity (Wildman–Crippen MR) is 55.9 cm³/mol. The molecule has 5 nitrogen and oxygen atoms in total. The SMILES string of the molecule is C=C(C)C(=O)O[C@@H]1C[C@@H]2O[C@H]1[C@@H]1C(=O)OC[C@@H]12. The number of rotatable bonds is 2. The molecule has 92 valence electrons. The lowest BCUT2D eigenvalue weighted by Crippen LogP contribution is -2.40. The van der Waals surface area contributed by atoms with Gasteiger partial charge in [-0.05, 0) is 6.92 Å². The molecule has 0 amide bonds. The van der Waals surface area contributed by atoms with Gasteiger partial charge in [0.1, 0.15) is 12.2 Å². The molecule has 17 heavy (non-hydrogen) atoms. The Morgan fingerprint density at radius 2 is 2.29 bits per heavy atom. The molecule has 0 radical (unpaired) electrons. The molecule has 2 bridgehead atoms. The fourth-order valence-electron chi connectivity index (χ4n) is 2.92. The van der Waals surface area contributed by atoms with Gasteiger partial charge in [-0.3, -0.25) is 4.79 Å². The zero-order valence-electron chi connectivity index (χ0n) is 9.55. The van der Waals surface area contributed by atoms with Gasteiger partial charge in [-0.15, -0.1) is 0 Å². The highest BCUT2D eigenvalue weighted by molar-refractivity contribution is 5.87. The molecule has 5 heteroatoms. The van der Waals surface area contributed by atoms with Crippen molar-refractivity contribution < 1.29 is 23.8 Å².